The molecule has 0 bridgehead atoms. The molecule has 0 saturated carbocycles. The number of nitrogens with one attached hydrogen (secondary N) is 1. The molecule has 0 unspecified atom stereocenters. The lowest BCUT2D eigenvalue weighted by Gasteiger charge is -2.11. The van der Waals surface area contributed by atoms with E-state index in [1.165, 1.54) is 17.4 Å². The third-order valence-corrected chi connectivity index (χ3v) is 5.01. The first-order valence-electron chi connectivity index (χ1n) is 10.6. The fourth-order valence-electron chi connectivity index (χ4n) is 2.93. The number of carbonyl (C=O) groups excluding carboxylic acids is 1. The van der Waals surface area contributed by atoms with E-state index in [0.717, 1.165) is 22.6 Å². The van der Waals surface area contributed by atoms with Gasteiger partial charge in [0.05, 0.1) is 25.0 Å². The molecule has 2 aromatic carbocycles. The number of carbonyl (C=O) groups is 1. The predicted molar refractivity (Wildman–Crippen MR) is 130 cm³/mol. The number of anilines is 1. The number of amides is 1. The fourth-order valence-corrected chi connectivity index (χ4v) is 3.65. The lowest BCUT2D eigenvalue weighted by Crippen LogP contribution is -2.07. The Morgan fingerprint density at radius 2 is 1.78 bits per heavy atom. The van der Waals surface area contributed by atoms with Gasteiger partial charge in [-0.05, 0) is 75.7 Å². The standard InChI is InChI=1S/C25H28N2O4S/c1-5-29-22-13-7-18(15-23(22)30-6-2)8-14-24(28)27-25-26-21(16-32-25)19-9-11-20(12-10-19)31-17(3)4/h7-17H,5-6H2,1-4H3,(H,26,27,28)/b14-8+. The molecule has 1 amide bonds. The number of benzene rings is 2. The summed E-state index contributed by atoms with van der Waals surface area (Å²) in [7, 11) is 0. The smallest absolute Gasteiger partial charge is 0.250 e. The lowest BCUT2D eigenvalue weighted by atomic mass is 10.2. The Bertz CT molecular complexity index is 1060. The summed E-state index contributed by atoms with van der Waals surface area (Å²) in [6.07, 6.45) is 3.34. The van der Waals surface area contributed by atoms with Gasteiger partial charge in [0.2, 0.25) is 5.91 Å². The molecule has 0 atom stereocenters. The molecule has 1 N–H and O–H groups in total. The number of thiazole rings is 1. The van der Waals surface area contributed by atoms with Crippen LogP contribution in [-0.2, 0) is 4.79 Å². The van der Waals surface area contributed by atoms with Gasteiger partial charge in [0.25, 0.3) is 0 Å². The number of nitrogens with zero attached hydrogens (tertiary/aromatic N) is 1. The van der Waals surface area contributed by atoms with Crippen LogP contribution in [-0.4, -0.2) is 30.2 Å². The summed E-state index contributed by atoms with van der Waals surface area (Å²) >= 11 is 1.38. The van der Waals surface area contributed by atoms with Crippen molar-refractivity contribution in [2.75, 3.05) is 18.5 Å². The van der Waals surface area contributed by atoms with Gasteiger partial charge >= 0.3 is 0 Å². The summed E-state index contributed by atoms with van der Waals surface area (Å²) in [6.45, 7) is 8.92. The van der Waals surface area contributed by atoms with Gasteiger partial charge < -0.3 is 14.2 Å². The maximum absolute atomic E-state index is 12.4. The molecule has 1 heterocycles. The molecule has 0 saturated heterocycles. The highest BCUT2D eigenvalue weighted by Crippen LogP contribution is 2.29. The molecule has 3 rings (SSSR count). The van der Waals surface area contributed by atoms with Crippen LogP contribution < -0.4 is 19.5 Å². The minimum Gasteiger partial charge on any atom is -0.491 e. The SMILES string of the molecule is CCOc1ccc(/C=C/C(=O)Nc2nc(-c3ccc(OC(C)C)cc3)cs2)cc1OCC. The average molecular weight is 453 g/mol. The highest BCUT2D eigenvalue weighted by molar-refractivity contribution is 7.14. The highest BCUT2D eigenvalue weighted by atomic mass is 32.1. The molecule has 3 aromatic rings. The van der Waals surface area contributed by atoms with E-state index in [0.29, 0.717) is 29.8 Å². The van der Waals surface area contributed by atoms with Gasteiger partial charge in [-0.3, -0.25) is 10.1 Å². The summed E-state index contributed by atoms with van der Waals surface area (Å²) in [6, 6.07) is 13.3. The topological polar surface area (TPSA) is 69.7 Å². The molecule has 0 spiro atoms. The van der Waals surface area contributed by atoms with Crippen molar-refractivity contribution in [3.8, 4) is 28.5 Å². The van der Waals surface area contributed by atoms with Crippen LogP contribution in [0.25, 0.3) is 17.3 Å². The number of ether oxygens (including phenoxy) is 3. The van der Waals surface area contributed by atoms with E-state index in [2.05, 4.69) is 10.3 Å². The first kappa shape index (κ1) is 23.3. The van der Waals surface area contributed by atoms with Crippen molar-refractivity contribution in [2.45, 2.75) is 33.8 Å². The summed E-state index contributed by atoms with van der Waals surface area (Å²) < 4.78 is 16.9. The maximum Gasteiger partial charge on any atom is 0.250 e. The molecule has 7 heteroatoms. The molecular formula is C25H28N2O4S. The zero-order chi connectivity index (χ0) is 22.9. The zero-order valence-corrected chi connectivity index (χ0v) is 19.6. The van der Waals surface area contributed by atoms with E-state index in [1.54, 1.807) is 6.08 Å². The van der Waals surface area contributed by atoms with Gasteiger partial charge in [-0.2, -0.15) is 0 Å². The Balaban J connectivity index is 1.62. The third-order valence-electron chi connectivity index (χ3n) is 4.25. The normalized spacial score (nSPS) is 11.0. The van der Waals surface area contributed by atoms with E-state index in [9.17, 15) is 4.79 Å². The van der Waals surface area contributed by atoms with Crippen LogP contribution in [0.5, 0.6) is 17.2 Å². The quantitative estimate of drug-likeness (QED) is 0.379. The highest BCUT2D eigenvalue weighted by Gasteiger charge is 2.08. The molecule has 6 nitrogen and oxygen atoms in total. The Hall–Kier alpha value is -3.32. The van der Waals surface area contributed by atoms with Gasteiger partial charge in [-0.15, -0.1) is 11.3 Å². The second kappa shape index (κ2) is 11.3. The maximum atomic E-state index is 12.4. The van der Waals surface area contributed by atoms with Crippen LogP contribution >= 0.6 is 11.3 Å². The van der Waals surface area contributed by atoms with Gasteiger partial charge in [-0.25, -0.2) is 4.98 Å². The molecule has 0 aliphatic carbocycles. The van der Waals surface area contributed by atoms with Crippen molar-refractivity contribution in [3.05, 3.63) is 59.5 Å². The third kappa shape index (κ3) is 6.59. The van der Waals surface area contributed by atoms with Gasteiger partial charge in [0, 0.05) is 17.0 Å². The lowest BCUT2D eigenvalue weighted by molar-refractivity contribution is -0.111. The molecule has 0 radical (unpaired) electrons. The summed E-state index contributed by atoms with van der Waals surface area (Å²) in [5.41, 5.74) is 2.61. The second-order valence-corrected chi connectivity index (χ2v) is 7.98. The Morgan fingerprint density at radius 1 is 1.06 bits per heavy atom. The molecule has 1 aromatic heterocycles. The number of hydrogen-bond acceptors (Lipinski definition) is 6. The zero-order valence-electron chi connectivity index (χ0n) is 18.8. The minimum absolute atomic E-state index is 0.128. The van der Waals surface area contributed by atoms with Crippen LogP contribution in [0, 0.1) is 0 Å². The van der Waals surface area contributed by atoms with Crippen LogP contribution in [0.3, 0.4) is 0 Å². The van der Waals surface area contributed by atoms with Crippen molar-refractivity contribution in [3.63, 3.8) is 0 Å². The molecule has 168 valence electrons. The van der Waals surface area contributed by atoms with Crippen molar-refractivity contribution in [1.82, 2.24) is 4.98 Å². The van der Waals surface area contributed by atoms with Crippen LogP contribution in [0.1, 0.15) is 33.3 Å². The van der Waals surface area contributed by atoms with E-state index < -0.39 is 0 Å². The Morgan fingerprint density at radius 3 is 2.47 bits per heavy atom. The second-order valence-electron chi connectivity index (χ2n) is 7.12. The van der Waals surface area contributed by atoms with E-state index in [4.69, 9.17) is 14.2 Å². The van der Waals surface area contributed by atoms with Crippen LogP contribution in [0.2, 0.25) is 0 Å². The molecule has 0 aliphatic heterocycles. The van der Waals surface area contributed by atoms with Crippen LogP contribution in [0.4, 0.5) is 5.13 Å². The predicted octanol–water partition coefficient (Wildman–Crippen LogP) is 6.05. The van der Waals surface area contributed by atoms with Gasteiger partial charge in [0.15, 0.2) is 16.6 Å². The average Bonchev–Trinajstić information content (AvgIpc) is 3.22. The first-order valence-corrected chi connectivity index (χ1v) is 11.5. The van der Waals surface area contributed by atoms with E-state index in [-0.39, 0.29) is 12.0 Å². The summed E-state index contributed by atoms with van der Waals surface area (Å²) in [5, 5.41) is 5.27. The molecule has 32 heavy (non-hydrogen) atoms. The Kier molecular flexibility index (Phi) is 8.27. The number of rotatable bonds is 10. The fraction of sp³-hybridized carbons (Fsp3) is 0.280. The summed E-state index contributed by atoms with van der Waals surface area (Å²) in [5.74, 6) is 1.92. The van der Waals surface area contributed by atoms with E-state index >= 15 is 0 Å². The first-order chi connectivity index (χ1) is 15.5. The molecule has 0 fully saturated rings. The van der Waals surface area contributed by atoms with Crippen molar-refractivity contribution in [2.24, 2.45) is 0 Å². The Labute approximate surface area is 192 Å². The number of hydrogen-bond donors (Lipinski definition) is 1. The molecule has 0 aliphatic rings. The molecular weight excluding hydrogens is 424 g/mol. The van der Waals surface area contributed by atoms with Gasteiger partial charge in [-0.1, -0.05) is 6.07 Å². The van der Waals surface area contributed by atoms with E-state index in [1.807, 2.05) is 75.5 Å². The monoisotopic (exact) mass is 452 g/mol. The summed E-state index contributed by atoms with van der Waals surface area (Å²) in [4.78, 5) is 16.9. The van der Waals surface area contributed by atoms with Crippen LogP contribution in [0.15, 0.2) is 53.9 Å². The largest absolute Gasteiger partial charge is 0.491 e. The van der Waals surface area contributed by atoms with Crippen molar-refractivity contribution >= 4 is 28.5 Å². The van der Waals surface area contributed by atoms with Gasteiger partial charge in [0.1, 0.15) is 5.75 Å². The van der Waals surface area contributed by atoms with Crippen molar-refractivity contribution in [1.29, 1.82) is 0 Å². The minimum atomic E-state index is -0.251. The number of aromatic nitrogens is 1. The van der Waals surface area contributed by atoms with Crippen molar-refractivity contribution < 1.29 is 19.0 Å².